The predicted octanol–water partition coefficient (Wildman–Crippen LogP) is 3.48. The first-order valence-electron chi connectivity index (χ1n) is 10.2. The van der Waals surface area contributed by atoms with E-state index in [1.807, 2.05) is 16.7 Å². The second-order valence-corrected chi connectivity index (χ2v) is 8.22. The van der Waals surface area contributed by atoms with Gasteiger partial charge in [0.2, 0.25) is 12.1 Å². The van der Waals surface area contributed by atoms with Crippen molar-refractivity contribution in [3.63, 3.8) is 0 Å². The number of nitrogens with zero attached hydrogens (tertiary/aromatic N) is 5. The van der Waals surface area contributed by atoms with Crippen LogP contribution in [0.1, 0.15) is 24.4 Å². The molecule has 0 fully saturated rings. The molecular weight excluding hydrogens is 436 g/mol. The highest BCUT2D eigenvalue weighted by molar-refractivity contribution is 6.28. The van der Waals surface area contributed by atoms with E-state index in [9.17, 15) is 9.90 Å². The van der Waals surface area contributed by atoms with Crippen molar-refractivity contribution in [1.82, 2.24) is 24.4 Å². The van der Waals surface area contributed by atoms with E-state index in [-0.39, 0.29) is 36.4 Å². The number of carbonyl (C=O) groups is 1. The molecule has 0 bridgehead atoms. The minimum atomic E-state index is -0.964. The van der Waals surface area contributed by atoms with Crippen molar-refractivity contribution in [1.29, 1.82) is 0 Å². The van der Waals surface area contributed by atoms with Crippen LogP contribution in [0.25, 0.3) is 11.2 Å². The molecule has 2 aliphatic rings. The second kappa shape index (κ2) is 8.19. The molecule has 3 heterocycles. The molecule has 1 aromatic carbocycles. The molecule has 0 saturated heterocycles. The van der Waals surface area contributed by atoms with E-state index < -0.39 is 6.09 Å². The first-order valence-corrected chi connectivity index (χ1v) is 10.5. The number of amides is 1. The Morgan fingerprint density at radius 3 is 3.00 bits per heavy atom. The highest BCUT2D eigenvalue weighted by atomic mass is 35.5. The van der Waals surface area contributed by atoms with Gasteiger partial charge in [-0.15, -0.1) is 0 Å². The van der Waals surface area contributed by atoms with Crippen molar-refractivity contribution in [3.05, 3.63) is 47.5 Å². The molecule has 2 aromatic heterocycles. The van der Waals surface area contributed by atoms with E-state index in [0.717, 1.165) is 18.4 Å². The number of benzene rings is 1. The summed E-state index contributed by atoms with van der Waals surface area (Å²) in [6, 6.07) is 5.46. The lowest BCUT2D eigenvalue weighted by Crippen LogP contribution is -2.35. The summed E-state index contributed by atoms with van der Waals surface area (Å²) in [5.74, 6) is 1.67. The number of carboxylic acid groups (broad SMARTS) is 1. The summed E-state index contributed by atoms with van der Waals surface area (Å²) in [5, 5.41) is 9.87. The molecule has 32 heavy (non-hydrogen) atoms. The van der Waals surface area contributed by atoms with E-state index in [2.05, 4.69) is 27.1 Å². The van der Waals surface area contributed by atoms with E-state index >= 15 is 0 Å². The Balaban J connectivity index is 1.32. The maximum absolute atomic E-state index is 12.0. The fourth-order valence-electron chi connectivity index (χ4n) is 4.23. The number of rotatable bonds is 5. The summed E-state index contributed by atoms with van der Waals surface area (Å²) >= 11 is 5.99. The topological polar surface area (TPSA) is 129 Å². The molecule has 0 unspecified atom stereocenters. The van der Waals surface area contributed by atoms with Gasteiger partial charge in [0.05, 0.1) is 12.4 Å². The van der Waals surface area contributed by atoms with Gasteiger partial charge in [0.15, 0.2) is 23.0 Å². The number of hydrogen-bond donors (Lipinski definition) is 2. The van der Waals surface area contributed by atoms with Gasteiger partial charge in [-0.05, 0) is 48.1 Å². The smallest absolute Gasteiger partial charge is 0.407 e. The minimum Gasteiger partial charge on any atom is -0.465 e. The number of anilines is 1. The average molecular weight is 457 g/mol. The number of hydrogen-bond acceptors (Lipinski definition) is 7. The summed E-state index contributed by atoms with van der Waals surface area (Å²) in [4.78, 5) is 26.0. The SMILES string of the molecule is Nc1nc(Cl)nc2c1ncn2[C@H]1C=CC[C@@H](CN(Cc2ccc3c(c2)OCO3)C(=O)O)C1. The van der Waals surface area contributed by atoms with Gasteiger partial charge in [-0.1, -0.05) is 18.2 Å². The zero-order chi connectivity index (χ0) is 22.2. The predicted molar refractivity (Wildman–Crippen MR) is 117 cm³/mol. The zero-order valence-electron chi connectivity index (χ0n) is 17.0. The van der Waals surface area contributed by atoms with Gasteiger partial charge >= 0.3 is 6.09 Å². The van der Waals surface area contributed by atoms with Crippen molar-refractivity contribution in [2.45, 2.75) is 25.4 Å². The molecule has 5 rings (SSSR count). The van der Waals surface area contributed by atoms with Crippen LogP contribution in [0.4, 0.5) is 10.6 Å². The third-order valence-electron chi connectivity index (χ3n) is 5.74. The molecule has 2 atom stereocenters. The molecule has 3 N–H and O–H groups in total. The van der Waals surface area contributed by atoms with Crippen LogP contribution < -0.4 is 15.2 Å². The lowest BCUT2D eigenvalue weighted by molar-refractivity contribution is 0.130. The van der Waals surface area contributed by atoms with Gasteiger partial charge in [0.25, 0.3) is 0 Å². The highest BCUT2D eigenvalue weighted by Crippen LogP contribution is 2.34. The molecule has 0 spiro atoms. The Kier molecular flexibility index (Phi) is 5.22. The van der Waals surface area contributed by atoms with Gasteiger partial charge in [0.1, 0.15) is 5.52 Å². The van der Waals surface area contributed by atoms with Crippen molar-refractivity contribution >= 4 is 34.7 Å². The quantitative estimate of drug-likeness (QED) is 0.441. The number of ether oxygens (including phenoxy) is 2. The van der Waals surface area contributed by atoms with Gasteiger partial charge < -0.3 is 29.8 Å². The number of allylic oxidation sites excluding steroid dienone is 2. The molecule has 10 nitrogen and oxygen atoms in total. The third-order valence-corrected chi connectivity index (χ3v) is 5.91. The van der Waals surface area contributed by atoms with Gasteiger partial charge in [-0.2, -0.15) is 9.97 Å². The van der Waals surface area contributed by atoms with Crippen molar-refractivity contribution in [3.8, 4) is 11.5 Å². The molecule has 11 heteroatoms. The van der Waals surface area contributed by atoms with Crippen LogP contribution in [-0.2, 0) is 6.54 Å². The maximum atomic E-state index is 12.0. The summed E-state index contributed by atoms with van der Waals surface area (Å²) in [5.41, 5.74) is 7.83. The standard InChI is InChI=1S/C21H21ClN6O4/c22-20-25-18(23)17-19(26-20)28(10-24-17)14-3-1-2-12(6-14)8-27(21(29)30)9-13-4-5-15-16(7-13)32-11-31-15/h1,3-5,7,10,12,14H,2,6,8-9,11H2,(H,29,30)(H2,23,25,26)/t12-,14+/m1/s1. The second-order valence-electron chi connectivity index (χ2n) is 7.89. The molecule has 1 aliphatic carbocycles. The lowest BCUT2D eigenvalue weighted by atomic mass is 9.90. The Morgan fingerprint density at radius 2 is 2.16 bits per heavy atom. The third kappa shape index (κ3) is 3.89. The van der Waals surface area contributed by atoms with Crippen molar-refractivity contribution in [2.24, 2.45) is 5.92 Å². The first-order chi connectivity index (χ1) is 15.5. The summed E-state index contributed by atoms with van der Waals surface area (Å²) in [6.45, 7) is 0.849. The summed E-state index contributed by atoms with van der Waals surface area (Å²) < 4.78 is 12.6. The molecule has 0 radical (unpaired) electrons. The van der Waals surface area contributed by atoms with Gasteiger partial charge in [-0.25, -0.2) is 9.78 Å². The molecule has 1 amide bonds. The number of nitrogens with two attached hydrogens (primary N) is 1. The minimum absolute atomic E-state index is 0.0368. The molecule has 1 aliphatic heterocycles. The largest absolute Gasteiger partial charge is 0.465 e. The van der Waals surface area contributed by atoms with Crippen molar-refractivity contribution < 1.29 is 19.4 Å². The number of fused-ring (bicyclic) bond motifs is 2. The van der Waals surface area contributed by atoms with E-state index in [4.69, 9.17) is 26.8 Å². The zero-order valence-corrected chi connectivity index (χ0v) is 17.8. The Labute approximate surface area is 188 Å². The van der Waals surface area contributed by atoms with Crippen molar-refractivity contribution in [2.75, 3.05) is 19.1 Å². The van der Waals surface area contributed by atoms with Crippen LogP contribution in [0.5, 0.6) is 11.5 Å². The van der Waals surface area contributed by atoms with Crippen LogP contribution >= 0.6 is 11.6 Å². The number of aromatic nitrogens is 4. The summed E-state index contributed by atoms with van der Waals surface area (Å²) in [7, 11) is 0. The van der Waals surface area contributed by atoms with Crippen LogP contribution in [0, 0.1) is 5.92 Å². The lowest BCUT2D eigenvalue weighted by Gasteiger charge is -2.30. The Morgan fingerprint density at radius 1 is 1.31 bits per heavy atom. The average Bonchev–Trinajstić information content (AvgIpc) is 3.40. The van der Waals surface area contributed by atoms with Gasteiger partial charge in [-0.3, -0.25) is 0 Å². The highest BCUT2D eigenvalue weighted by Gasteiger charge is 2.26. The van der Waals surface area contributed by atoms with E-state index in [0.29, 0.717) is 29.2 Å². The molecular formula is C21H21ClN6O4. The van der Waals surface area contributed by atoms with E-state index in [1.54, 1.807) is 12.4 Å². The molecule has 3 aromatic rings. The Bertz CT molecular complexity index is 1210. The normalized spacial score (nSPS) is 19.4. The summed E-state index contributed by atoms with van der Waals surface area (Å²) in [6.07, 6.45) is 6.37. The van der Waals surface area contributed by atoms with E-state index in [1.165, 1.54) is 4.90 Å². The maximum Gasteiger partial charge on any atom is 0.407 e. The monoisotopic (exact) mass is 456 g/mol. The number of imidazole rings is 1. The molecule has 0 saturated carbocycles. The fourth-order valence-corrected chi connectivity index (χ4v) is 4.41. The first kappa shape index (κ1) is 20.4. The van der Waals surface area contributed by atoms with Crippen LogP contribution in [0.2, 0.25) is 5.28 Å². The number of nitrogen functional groups attached to an aromatic ring is 1. The van der Waals surface area contributed by atoms with Crippen LogP contribution in [0.15, 0.2) is 36.7 Å². The van der Waals surface area contributed by atoms with Crippen LogP contribution in [0.3, 0.4) is 0 Å². The Hall–Kier alpha value is -3.53. The number of halogens is 1. The van der Waals surface area contributed by atoms with Crippen LogP contribution in [-0.4, -0.2) is 49.0 Å². The molecule has 166 valence electrons. The fraction of sp³-hybridized carbons (Fsp3) is 0.333. The van der Waals surface area contributed by atoms with Gasteiger partial charge in [0, 0.05) is 13.1 Å².